The molecule has 2 N–H and O–H groups in total. The van der Waals surface area contributed by atoms with E-state index in [1.807, 2.05) is 32.9 Å². The Bertz CT molecular complexity index is 1310. The summed E-state index contributed by atoms with van der Waals surface area (Å²) in [6.07, 6.45) is -0.174. The number of aromatic nitrogens is 1. The summed E-state index contributed by atoms with van der Waals surface area (Å²) in [5.74, 6) is -1.72. The number of hydrogen-bond acceptors (Lipinski definition) is 7. The lowest BCUT2D eigenvalue weighted by Gasteiger charge is -2.29. The Morgan fingerprint density at radius 3 is 2.59 bits per heavy atom. The molecule has 1 aliphatic rings. The number of likely N-dealkylation sites (tertiary alicyclic amines) is 1. The highest BCUT2D eigenvalue weighted by atomic mass is 19.1. The maximum atomic E-state index is 14.1. The lowest BCUT2D eigenvalue weighted by molar-refractivity contribution is -0.141. The maximum absolute atomic E-state index is 14.1. The van der Waals surface area contributed by atoms with Gasteiger partial charge < -0.3 is 24.6 Å². The number of rotatable bonds is 10. The third-order valence-electron chi connectivity index (χ3n) is 6.86. The number of aliphatic hydroxyl groups excluding tert-OH is 1. The van der Waals surface area contributed by atoms with Crippen LogP contribution in [0.25, 0.3) is 11.1 Å². The molecule has 9 nitrogen and oxygen atoms in total. The summed E-state index contributed by atoms with van der Waals surface area (Å²) >= 11 is 0. The molecule has 206 valence electrons. The SMILES string of the molecule is CC(C)[C@H](C(=O)N1C[C@H](O)C[C@H]1C(=O)N[C@@H](C)c1ccc(-c2ccccc2F)cc1)c1cc(OCC=O)no1. The number of halogens is 1. The third-order valence-corrected chi connectivity index (χ3v) is 6.86. The largest absolute Gasteiger partial charge is 0.468 e. The smallest absolute Gasteiger partial charge is 0.254 e. The van der Waals surface area contributed by atoms with E-state index in [-0.39, 0.29) is 54.8 Å². The van der Waals surface area contributed by atoms with Gasteiger partial charge in [-0.05, 0) is 35.2 Å². The second-order valence-electron chi connectivity index (χ2n) is 9.99. The summed E-state index contributed by atoms with van der Waals surface area (Å²) in [6.45, 7) is 5.31. The molecule has 4 rings (SSSR count). The molecule has 1 fully saturated rings. The molecular formula is C29H32FN3O6. The van der Waals surface area contributed by atoms with Crippen LogP contribution in [0.3, 0.4) is 0 Å². The number of nitrogens with zero attached hydrogens (tertiary/aromatic N) is 2. The van der Waals surface area contributed by atoms with Gasteiger partial charge in [-0.3, -0.25) is 14.4 Å². The van der Waals surface area contributed by atoms with Crippen LogP contribution >= 0.6 is 0 Å². The van der Waals surface area contributed by atoms with Crippen molar-refractivity contribution >= 4 is 18.1 Å². The Morgan fingerprint density at radius 2 is 1.92 bits per heavy atom. The van der Waals surface area contributed by atoms with Crippen molar-refractivity contribution in [1.29, 1.82) is 0 Å². The zero-order chi connectivity index (χ0) is 28.1. The van der Waals surface area contributed by atoms with Crippen molar-refractivity contribution in [3.63, 3.8) is 0 Å². The number of nitrogens with one attached hydrogen (secondary N) is 1. The molecule has 3 aromatic rings. The average molecular weight is 538 g/mol. The molecule has 1 saturated heterocycles. The van der Waals surface area contributed by atoms with Gasteiger partial charge in [-0.1, -0.05) is 56.3 Å². The van der Waals surface area contributed by atoms with Crippen molar-refractivity contribution in [2.45, 2.75) is 51.3 Å². The van der Waals surface area contributed by atoms with E-state index >= 15 is 0 Å². The molecule has 2 heterocycles. The van der Waals surface area contributed by atoms with Crippen molar-refractivity contribution < 1.29 is 33.1 Å². The van der Waals surface area contributed by atoms with Crippen molar-refractivity contribution in [3.8, 4) is 17.0 Å². The molecule has 39 heavy (non-hydrogen) atoms. The fraction of sp³-hybridized carbons (Fsp3) is 0.379. The van der Waals surface area contributed by atoms with Crippen LogP contribution in [0.5, 0.6) is 5.88 Å². The van der Waals surface area contributed by atoms with Crippen LogP contribution in [0.1, 0.15) is 50.5 Å². The minimum absolute atomic E-state index is 0.00843. The second kappa shape index (κ2) is 12.2. The highest BCUT2D eigenvalue weighted by Gasteiger charge is 2.43. The van der Waals surface area contributed by atoms with Gasteiger partial charge in [0, 0.05) is 24.6 Å². The summed E-state index contributed by atoms with van der Waals surface area (Å²) in [6, 6.07) is 13.9. The van der Waals surface area contributed by atoms with Crippen LogP contribution in [0.2, 0.25) is 0 Å². The summed E-state index contributed by atoms with van der Waals surface area (Å²) in [7, 11) is 0. The van der Waals surface area contributed by atoms with E-state index in [1.165, 1.54) is 17.0 Å². The Labute approximate surface area is 225 Å². The standard InChI is InChI=1S/C29H32FN3O6/c1-17(2)27(25-15-26(32-39-25)38-13-12-34)29(37)33-16-21(35)14-24(33)28(36)31-18(3)19-8-10-20(11-9-19)22-6-4-5-7-23(22)30/h4-12,15,17-18,21,24,27,35H,13-14,16H2,1-3H3,(H,31,36)/t18-,21+,24-,27-/m0/s1. The molecule has 10 heteroatoms. The monoisotopic (exact) mass is 537 g/mol. The molecule has 4 atom stereocenters. The summed E-state index contributed by atoms with van der Waals surface area (Å²) < 4.78 is 24.6. The number of hydrogen-bond donors (Lipinski definition) is 2. The molecule has 0 radical (unpaired) electrons. The van der Waals surface area contributed by atoms with E-state index in [2.05, 4.69) is 10.5 Å². The number of benzene rings is 2. The number of carbonyl (C=O) groups excluding carboxylic acids is 3. The fourth-order valence-corrected chi connectivity index (χ4v) is 4.87. The first kappa shape index (κ1) is 28.0. The van der Waals surface area contributed by atoms with Crippen molar-refractivity contribution in [2.75, 3.05) is 13.2 Å². The van der Waals surface area contributed by atoms with Crippen molar-refractivity contribution in [2.24, 2.45) is 5.92 Å². The van der Waals surface area contributed by atoms with Gasteiger partial charge in [0.25, 0.3) is 5.88 Å². The number of aliphatic hydroxyl groups is 1. The molecule has 1 aromatic heterocycles. The van der Waals surface area contributed by atoms with Crippen molar-refractivity contribution in [3.05, 3.63) is 71.7 Å². The van der Waals surface area contributed by atoms with Crippen LogP contribution in [0, 0.1) is 11.7 Å². The summed E-state index contributed by atoms with van der Waals surface area (Å²) in [5, 5.41) is 17.1. The molecule has 2 amide bonds. The number of carbonyl (C=O) groups is 3. The summed E-state index contributed by atoms with van der Waals surface area (Å²) in [4.78, 5) is 38.9. The van der Waals surface area contributed by atoms with Gasteiger partial charge in [0.1, 0.15) is 24.4 Å². The zero-order valence-electron chi connectivity index (χ0n) is 22.0. The first-order valence-corrected chi connectivity index (χ1v) is 12.9. The molecule has 1 aliphatic heterocycles. The third kappa shape index (κ3) is 6.34. The van der Waals surface area contributed by atoms with E-state index in [9.17, 15) is 23.9 Å². The highest BCUT2D eigenvalue weighted by Crippen LogP contribution is 2.32. The first-order valence-electron chi connectivity index (χ1n) is 12.9. The van der Waals surface area contributed by atoms with E-state index < -0.39 is 24.1 Å². The van der Waals surface area contributed by atoms with Crippen LogP contribution < -0.4 is 10.1 Å². The van der Waals surface area contributed by atoms with E-state index in [0.29, 0.717) is 11.8 Å². The van der Waals surface area contributed by atoms with Gasteiger partial charge in [-0.25, -0.2) is 4.39 Å². The van der Waals surface area contributed by atoms with Crippen LogP contribution in [-0.2, 0) is 14.4 Å². The van der Waals surface area contributed by atoms with Crippen LogP contribution in [0.4, 0.5) is 4.39 Å². The number of ether oxygens (including phenoxy) is 1. The topological polar surface area (TPSA) is 122 Å². The second-order valence-corrected chi connectivity index (χ2v) is 9.99. The van der Waals surface area contributed by atoms with Gasteiger partial charge in [0.2, 0.25) is 11.8 Å². The van der Waals surface area contributed by atoms with E-state index in [0.717, 1.165) is 11.1 Å². The van der Waals surface area contributed by atoms with Gasteiger partial charge in [0.05, 0.1) is 12.1 Å². The van der Waals surface area contributed by atoms with Gasteiger partial charge >= 0.3 is 0 Å². The Hall–Kier alpha value is -4.05. The summed E-state index contributed by atoms with van der Waals surface area (Å²) in [5.41, 5.74) is 2.02. The Balaban J connectivity index is 1.47. The van der Waals surface area contributed by atoms with E-state index in [4.69, 9.17) is 9.26 Å². The molecule has 0 unspecified atom stereocenters. The van der Waals surface area contributed by atoms with Crippen molar-refractivity contribution in [1.82, 2.24) is 15.4 Å². The first-order chi connectivity index (χ1) is 18.7. The quantitative estimate of drug-likeness (QED) is 0.379. The zero-order valence-corrected chi connectivity index (χ0v) is 22.0. The predicted octanol–water partition coefficient (Wildman–Crippen LogP) is 3.64. The Morgan fingerprint density at radius 1 is 1.21 bits per heavy atom. The predicted molar refractivity (Wildman–Crippen MR) is 140 cm³/mol. The molecule has 0 aliphatic carbocycles. The molecule has 0 bridgehead atoms. The van der Waals surface area contributed by atoms with Crippen LogP contribution in [0.15, 0.2) is 59.1 Å². The minimum Gasteiger partial charge on any atom is -0.468 e. The molecule has 0 spiro atoms. The van der Waals surface area contributed by atoms with Crippen LogP contribution in [-0.4, -0.2) is 58.6 Å². The van der Waals surface area contributed by atoms with E-state index in [1.54, 1.807) is 30.3 Å². The molecule has 0 saturated carbocycles. The minimum atomic E-state index is -0.873. The number of aldehydes is 1. The lowest BCUT2D eigenvalue weighted by Crippen LogP contribution is -2.48. The number of β-amino-alcohol motifs (C(OH)–C–C–N with tert-alkyl or cyclic N) is 1. The average Bonchev–Trinajstić information content (AvgIpc) is 3.54. The number of amides is 2. The van der Waals surface area contributed by atoms with Gasteiger partial charge in [0.15, 0.2) is 12.0 Å². The van der Waals surface area contributed by atoms with Gasteiger partial charge in [-0.2, -0.15) is 0 Å². The maximum Gasteiger partial charge on any atom is 0.254 e. The normalized spacial score (nSPS) is 18.6. The molecular weight excluding hydrogens is 505 g/mol. The van der Waals surface area contributed by atoms with Gasteiger partial charge in [-0.15, -0.1) is 0 Å². The Kier molecular flexibility index (Phi) is 8.75. The highest BCUT2D eigenvalue weighted by molar-refractivity contribution is 5.91. The fourth-order valence-electron chi connectivity index (χ4n) is 4.87. The molecule has 2 aromatic carbocycles. The lowest BCUT2D eigenvalue weighted by atomic mass is 9.91.